The second kappa shape index (κ2) is 4.68. The Morgan fingerprint density at radius 2 is 2.18 bits per heavy atom. The summed E-state index contributed by atoms with van der Waals surface area (Å²) in [5, 5.41) is 16.9. The number of aromatic nitrogens is 3. The lowest BCUT2D eigenvalue weighted by atomic mass is 10.1. The van der Waals surface area contributed by atoms with Crippen molar-refractivity contribution in [2.24, 2.45) is 0 Å². The number of nitriles is 1. The average molecular weight is 291 g/mol. The number of halogens is 1. The van der Waals surface area contributed by atoms with Crippen molar-refractivity contribution in [3.05, 3.63) is 40.1 Å². The molecule has 0 radical (unpaired) electrons. The summed E-state index contributed by atoms with van der Waals surface area (Å²) in [6, 6.07) is 9.83. The molecule has 17 heavy (non-hydrogen) atoms. The highest BCUT2D eigenvalue weighted by molar-refractivity contribution is 9.10. The molecular formula is C12H11BrN4. The van der Waals surface area contributed by atoms with E-state index in [1.165, 1.54) is 0 Å². The standard InChI is InChI=1S/C12H11BrN4/c1-8(2)12-11(7-14)15-16-17(12)10-5-3-4-9(13)6-10/h3-6,8H,1-2H3. The first-order valence-corrected chi connectivity index (χ1v) is 6.04. The zero-order chi connectivity index (χ0) is 12.4. The van der Waals surface area contributed by atoms with Crippen LogP contribution in [0.4, 0.5) is 0 Å². The summed E-state index contributed by atoms with van der Waals surface area (Å²) in [6.07, 6.45) is 0. The van der Waals surface area contributed by atoms with E-state index in [9.17, 15) is 0 Å². The SMILES string of the molecule is CC(C)c1c(C#N)nnn1-c1cccc(Br)c1. The molecule has 2 aromatic rings. The van der Waals surface area contributed by atoms with Gasteiger partial charge in [0.25, 0.3) is 0 Å². The summed E-state index contributed by atoms with van der Waals surface area (Å²) < 4.78 is 2.69. The Morgan fingerprint density at radius 1 is 1.41 bits per heavy atom. The molecule has 1 aromatic heterocycles. The fraction of sp³-hybridized carbons (Fsp3) is 0.250. The molecule has 0 unspecified atom stereocenters. The van der Waals surface area contributed by atoms with Crippen LogP contribution in [0.3, 0.4) is 0 Å². The van der Waals surface area contributed by atoms with Gasteiger partial charge in [-0.1, -0.05) is 41.1 Å². The molecule has 4 nitrogen and oxygen atoms in total. The summed E-state index contributed by atoms with van der Waals surface area (Å²) in [7, 11) is 0. The van der Waals surface area contributed by atoms with Crippen LogP contribution in [0.1, 0.15) is 31.2 Å². The van der Waals surface area contributed by atoms with Crippen molar-refractivity contribution in [1.29, 1.82) is 5.26 Å². The molecule has 0 fully saturated rings. The zero-order valence-electron chi connectivity index (χ0n) is 9.55. The zero-order valence-corrected chi connectivity index (χ0v) is 11.1. The summed E-state index contributed by atoms with van der Waals surface area (Å²) in [5.74, 6) is 0.193. The maximum absolute atomic E-state index is 9.01. The highest BCUT2D eigenvalue weighted by Crippen LogP contribution is 2.22. The first-order valence-electron chi connectivity index (χ1n) is 5.25. The maximum atomic E-state index is 9.01. The summed E-state index contributed by atoms with van der Waals surface area (Å²) in [5.41, 5.74) is 2.13. The number of hydrogen-bond donors (Lipinski definition) is 0. The summed E-state index contributed by atoms with van der Waals surface area (Å²) >= 11 is 3.42. The van der Waals surface area contributed by atoms with Gasteiger partial charge in [0, 0.05) is 4.47 Å². The molecule has 5 heteroatoms. The first-order chi connectivity index (χ1) is 8.13. The van der Waals surface area contributed by atoms with Crippen molar-refractivity contribution in [2.75, 3.05) is 0 Å². The number of hydrogen-bond acceptors (Lipinski definition) is 3. The van der Waals surface area contributed by atoms with Gasteiger partial charge in [0.2, 0.25) is 0 Å². The fourth-order valence-electron chi connectivity index (χ4n) is 1.69. The summed E-state index contributed by atoms with van der Waals surface area (Å²) in [6.45, 7) is 4.04. The minimum absolute atomic E-state index is 0.193. The molecule has 0 spiro atoms. The molecule has 0 bridgehead atoms. The van der Waals surface area contributed by atoms with E-state index < -0.39 is 0 Å². The van der Waals surface area contributed by atoms with Crippen LogP contribution in [0.15, 0.2) is 28.7 Å². The van der Waals surface area contributed by atoms with Crippen LogP contribution in [-0.4, -0.2) is 15.0 Å². The Bertz CT molecular complexity index is 580. The first kappa shape index (κ1) is 11.8. The molecule has 2 rings (SSSR count). The van der Waals surface area contributed by atoms with Gasteiger partial charge in [0.05, 0.1) is 11.4 Å². The topological polar surface area (TPSA) is 54.5 Å². The van der Waals surface area contributed by atoms with Gasteiger partial charge in [-0.2, -0.15) is 5.26 Å². The Hall–Kier alpha value is -1.67. The molecule has 0 aliphatic heterocycles. The van der Waals surface area contributed by atoms with Crippen molar-refractivity contribution in [1.82, 2.24) is 15.0 Å². The molecular weight excluding hydrogens is 280 g/mol. The molecule has 0 aliphatic rings. The van der Waals surface area contributed by atoms with Crippen LogP contribution in [0, 0.1) is 11.3 Å². The van der Waals surface area contributed by atoms with Crippen LogP contribution >= 0.6 is 15.9 Å². The molecule has 0 amide bonds. The van der Waals surface area contributed by atoms with E-state index in [1.807, 2.05) is 38.1 Å². The van der Waals surface area contributed by atoms with Crippen molar-refractivity contribution >= 4 is 15.9 Å². The molecule has 1 heterocycles. The maximum Gasteiger partial charge on any atom is 0.186 e. The van der Waals surface area contributed by atoms with Crippen LogP contribution in [0.5, 0.6) is 0 Å². The van der Waals surface area contributed by atoms with E-state index in [-0.39, 0.29) is 5.92 Å². The lowest BCUT2D eigenvalue weighted by Crippen LogP contribution is -2.04. The van der Waals surface area contributed by atoms with Gasteiger partial charge in [0.15, 0.2) is 5.69 Å². The summed E-state index contributed by atoms with van der Waals surface area (Å²) in [4.78, 5) is 0. The lowest BCUT2D eigenvalue weighted by Gasteiger charge is -2.09. The Labute approximate surface area is 108 Å². The minimum Gasteiger partial charge on any atom is -0.216 e. The van der Waals surface area contributed by atoms with Gasteiger partial charge in [-0.25, -0.2) is 4.68 Å². The Balaban J connectivity index is 2.61. The highest BCUT2D eigenvalue weighted by Gasteiger charge is 2.16. The number of rotatable bonds is 2. The molecule has 86 valence electrons. The van der Waals surface area contributed by atoms with E-state index in [1.54, 1.807) is 4.68 Å². The lowest BCUT2D eigenvalue weighted by molar-refractivity contribution is 0.715. The normalized spacial score (nSPS) is 10.5. The van der Waals surface area contributed by atoms with E-state index in [4.69, 9.17) is 5.26 Å². The Kier molecular flexibility index (Phi) is 3.25. The molecule has 0 N–H and O–H groups in total. The van der Waals surface area contributed by atoms with Crippen molar-refractivity contribution < 1.29 is 0 Å². The predicted molar refractivity (Wildman–Crippen MR) is 67.9 cm³/mol. The third-order valence-electron chi connectivity index (χ3n) is 2.41. The monoisotopic (exact) mass is 290 g/mol. The van der Waals surface area contributed by atoms with E-state index in [0.717, 1.165) is 15.9 Å². The van der Waals surface area contributed by atoms with Gasteiger partial charge < -0.3 is 0 Å². The largest absolute Gasteiger partial charge is 0.216 e. The van der Waals surface area contributed by atoms with Crippen LogP contribution in [0.2, 0.25) is 0 Å². The fourth-order valence-corrected chi connectivity index (χ4v) is 2.07. The predicted octanol–water partition coefficient (Wildman–Crippen LogP) is 3.02. The molecule has 1 aromatic carbocycles. The molecule has 0 saturated heterocycles. The van der Waals surface area contributed by atoms with Gasteiger partial charge >= 0.3 is 0 Å². The van der Waals surface area contributed by atoms with Crippen LogP contribution in [-0.2, 0) is 0 Å². The Morgan fingerprint density at radius 3 is 2.76 bits per heavy atom. The molecule has 0 aliphatic carbocycles. The third-order valence-corrected chi connectivity index (χ3v) is 2.90. The molecule has 0 saturated carbocycles. The van der Waals surface area contributed by atoms with E-state index >= 15 is 0 Å². The van der Waals surface area contributed by atoms with Crippen molar-refractivity contribution in [2.45, 2.75) is 19.8 Å². The van der Waals surface area contributed by atoms with Crippen LogP contribution in [0.25, 0.3) is 5.69 Å². The van der Waals surface area contributed by atoms with Gasteiger partial charge in [-0.3, -0.25) is 0 Å². The van der Waals surface area contributed by atoms with Gasteiger partial charge in [-0.15, -0.1) is 5.10 Å². The van der Waals surface area contributed by atoms with E-state index in [0.29, 0.717) is 5.69 Å². The van der Waals surface area contributed by atoms with Gasteiger partial charge in [-0.05, 0) is 24.1 Å². The van der Waals surface area contributed by atoms with Crippen molar-refractivity contribution in [3.8, 4) is 11.8 Å². The average Bonchev–Trinajstić information content (AvgIpc) is 2.72. The number of nitrogens with zero attached hydrogens (tertiary/aromatic N) is 4. The quantitative estimate of drug-likeness (QED) is 0.854. The minimum atomic E-state index is 0.193. The highest BCUT2D eigenvalue weighted by atomic mass is 79.9. The smallest absolute Gasteiger partial charge is 0.186 e. The second-order valence-corrected chi connectivity index (χ2v) is 4.90. The van der Waals surface area contributed by atoms with Gasteiger partial charge in [0.1, 0.15) is 6.07 Å². The van der Waals surface area contributed by atoms with Crippen molar-refractivity contribution in [3.63, 3.8) is 0 Å². The van der Waals surface area contributed by atoms with Crippen LogP contribution < -0.4 is 0 Å². The number of benzene rings is 1. The third kappa shape index (κ3) is 2.22. The van der Waals surface area contributed by atoms with E-state index in [2.05, 4.69) is 32.3 Å². The second-order valence-electron chi connectivity index (χ2n) is 3.98. The molecule has 0 atom stereocenters.